The number of aliphatic hydroxyl groups excluding tert-OH is 1. The molecule has 0 spiro atoms. The zero-order valence-corrected chi connectivity index (χ0v) is 11.7. The molecule has 0 aliphatic carbocycles. The van der Waals surface area contributed by atoms with Gasteiger partial charge in [-0.25, -0.2) is 0 Å². The highest BCUT2D eigenvalue weighted by atomic mass is 16.3. The number of hydrogen-bond acceptors (Lipinski definition) is 2. The van der Waals surface area contributed by atoms with E-state index < -0.39 is 11.6 Å². The molecule has 96 valence electrons. The maximum atomic E-state index is 11.8. The Balaban J connectivity index is 4.30. The van der Waals surface area contributed by atoms with E-state index in [0.29, 0.717) is 12.3 Å². The van der Waals surface area contributed by atoms with Crippen LogP contribution in [0.5, 0.6) is 0 Å². The van der Waals surface area contributed by atoms with Crippen molar-refractivity contribution < 1.29 is 9.90 Å². The number of carbonyl (C=O) groups excluding carboxylic acids is 1. The van der Waals surface area contributed by atoms with Gasteiger partial charge >= 0.3 is 0 Å². The predicted octanol–water partition coefficient (Wildman–Crippen LogP) is 2.33. The van der Waals surface area contributed by atoms with Crippen LogP contribution in [0, 0.1) is 11.3 Å². The Morgan fingerprint density at radius 1 is 1.19 bits per heavy atom. The van der Waals surface area contributed by atoms with Gasteiger partial charge in [-0.05, 0) is 32.1 Å². The zero-order chi connectivity index (χ0) is 13.1. The van der Waals surface area contributed by atoms with E-state index in [1.165, 1.54) is 0 Å². The number of hydrogen-bond donors (Lipinski definition) is 2. The second-order valence-corrected chi connectivity index (χ2v) is 6.42. The van der Waals surface area contributed by atoms with Gasteiger partial charge in [-0.15, -0.1) is 0 Å². The van der Waals surface area contributed by atoms with Gasteiger partial charge in [0.15, 0.2) is 0 Å². The molecule has 0 aromatic carbocycles. The number of amides is 1. The van der Waals surface area contributed by atoms with Crippen LogP contribution in [0.1, 0.15) is 54.9 Å². The van der Waals surface area contributed by atoms with E-state index in [9.17, 15) is 9.90 Å². The molecule has 16 heavy (non-hydrogen) atoms. The van der Waals surface area contributed by atoms with Gasteiger partial charge in [-0.1, -0.05) is 27.7 Å². The first kappa shape index (κ1) is 15.4. The van der Waals surface area contributed by atoms with Crippen LogP contribution in [0.25, 0.3) is 0 Å². The minimum atomic E-state index is -0.561. The van der Waals surface area contributed by atoms with Crippen LogP contribution in [-0.2, 0) is 4.79 Å². The fourth-order valence-electron chi connectivity index (χ4n) is 1.10. The Labute approximate surface area is 99.6 Å². The summed E-state index contributed by atoms with van der Waals surface area (Å²) in [6, 6.07) is 0. The molecule has 0 saturated heterocycles. The van der Waals surface area contributed by atoms with Crippen LogP contribution in [0.15, 0.2) is 0 Å². The summed E-state index contributed by atoms with van der Waals surface area (Å²) in [4.78, 5) is 11.8. The standard InChI is InChI=1S/C13H27NO2/c1-9(12(3,4)5)8-11(16)14-13(6,7)10(2)15/h9-10,15H,8H2,1-7H3,(H,14,16). The van der Waals surface area contributed by atoms with E-state index in [2.05, 4.69) is 33.0 Å². The molecule has 2 unspecified atom stereocenters. The lowest BCUT2D eigenvalue weighted by molar-refractivity contribution is -0.125. The summed E-state index contributed by atoms with van der Waals surface area (Å²) in [5, 5.41) is 12.4. The largest absolute Gasteiger partial charge is 0.391 e. The molecule has 1 amide bonds. The molecule has 2 atom stereocenters. The second-order valence-electron chi connectivity index (χ2n) is 6.42. The maximum Gasteiger partial charge on any atom is 0.220 e. The molecule has 0 heterocycles. The van der Waals surface area contributed by atoms with Crippen LogP contribution in [0.2, 0.25) is 0 Å². The first-order valence-corrected chi connectivity index (χ1v) is 5.96. The lowest BCUT2D eigenvalue weighted by atomic mass is 9.80. The number of carbonyl (C=O) groups is 1. The van der Waals surface area contributed by atoms with Gasteiger partial charge in [-0.3, -0.25) is 4.79 Å². The van der Waals surface area contributed by atoms with Crippen molar-refractivity contribution in [1.29, 1.82) is 0 Å². The zero-order valence-electron chi connectivity index (χ0n) is 11.7. The van der Waals surface area contributed by atoms with Gasteiger partial charge in [-0.2, -0.15) is 0 Å². The number of aliphatic hydroxyl groups is 1. The highest BCUT2D eigenvalue weighted by molar-refractivity contribution is 5.77. The smallest absolute Gasteiger partial charge is 0.220 e. The van der Waals surface area contributed by atoms with E-state index in [0.717, 1.165) is 0 Å². The molecule has 2 N–H and O–H groups in total. The third-order valence-electron chi connectivity index (χ3n) is 3.48. The minimum absolute atomic E-state index is 0.00771. The summed E-state index contributed by atoms with van der Waals surface area (Å²) in [5.41, 5.74) is -0.430. The van der Waals surface area contributed by atoms with Crippen molar-refractivity contribution in [2.75, 3.05) is 0 Å². The first-order chi connectivity index (χ1) is 6.97. The van der Waals surface area contributed by atoms with Gasteiger partial charge in [0.05, 0.1) is 11.6 Å². The molecule has 0 bridgehead atoms. The Morgan fingerprint density at radius 3 is 1.94 bits per heavy atom. The molecule has 0 aliphatic heterocycles. The third-order valence-corrected chi connectivity index (χ3v) is 3.48. The summed E-state index contributed by atoms with van der Waals surface area (Å²) < 4.78 is 0. The van der Waals surface area contributed by atoms with Crippen molar-refractivity contribution in [3.8, 4) is 0 Å². The quantitative estimate of drug-likeness (QED) is 0.777. The molecular weight excluding hydrogens is 202 g/mol. The molecule has 0 saturated carbocycles. The molecule has 0 aliphatic rings. The van der Waals surface area contributed by atoms with Crippen molar-refractivity contribution in [2.24, 2.45) is 11.3 Å². The highest BCUT2D eigenvalue weighted by Gasteiger charge is 2.28. The van der Waals surface area contributed by atoms with Gasteiger partial charge in [0.25, 0.3) is 0 Å². The fourth-order valence-corrected chi connectivity index (χ4v) is 1.10. The van der Waals surface area contributed by atoms with Gasteiger partial charge in [0, 0.05) is 6.42 Å². The fraction of sp³-hybridized carbons (Fsp3) is 0.923. The molecule has 0 aromatic rings. The van der Waals surface area contributed by atoms with E-state index in [1.54, 1.807) is 6.92 Å². The molecule has 0 fully saturated rings. The molecule has 3 nitrogen and oxygen atoms in total. The molecule has 3 heteroatoms. The predicted molar refractivity (Wildman–Crippen MR) is 67.1 cm³/mol. The second kappa shape index (κ2) is 5.17. The third kappa shape index (κ3) is 4.97. The Hall–Kier alpha value is -0.570. The summed E-state index contributed by atoms with van der Waals surface area (Å²) in [6.45, 7) is 13.8. The first-order valence-electron chi connectivity index (χ1n) is 5.96. The number of rotatable bonds is 4. The summed E-state index contributed by atoms with van der Waals surface area (Å²) in [7, 11) is 0. The highest BCUT2D eigenvalue weighted by Crippen LogP contribution is 2.28. The van der Waals surface area contributed by atoms with Crippen LogP contribution in [0.3, 0.4) is 0 Å². The van der Waals surface area contributed by atoms with Crippen LogP contribution >= 0.6 is 0 Å². The number of nitrogens with one attached hydrogen (secondary N) is 1. The average Bonchev–Trinajstić information content (AvgIpc) is 2.00. The summed E-state index contributed by atoms with van der Waals surface area (Å²) in [6.07, 6.45) is -0.0546. The van der Waals surface area contributed by atoms with E-state index >= 15 is 0 Å². The maximum absolute atomic E-state index is 11.8. The minimum Gasteiger partial charge on any atom is -0.391 e. The van der Waals surface area contributed by atoms with Crippen molar-refractivity contribution in [3.05, 3.63) is 0 Å². The monoisotopic (exact) mass is 229 g/mol. The van der Waals surface area contributed by atoms with Crippen LogP contribution < -0.4 is 5.32 Å². The van der Waals surface area contributed by atoms with Gasteiger partial charge in [0.1, 0.15) is 0 Å². The molecular formula is C13H27NO2. The Kier molecular flexibility index (Phi) is 4.99. The topological polar surface area (TPSA) is 49.3 Å². The summed E-state index contributed by atoms with van der Waals surface area (Å²) >= 11 is 0. The van der Waals surface area contributed by atoms with Gasteiger partial charge < -0.3 is 10.4 Å². The normalized spacial score (nSPS) is 16.8. The molecule has 0 rings (SSSR count). The van der Waals surface area contributed by atoms with Gasteiger partial charge in [0.2, 0.25) is 5.91 Å². The summed E-state index contributed by atoms with van der Waals surface area (Å²) in [5.74, 6) is 0.325. The lowest BCUT2D eigenvalue weighted by Crippen LogP contribution is -2.51. The van der Waals surface area contributed by atoms with Crippen molar-refractivity contribution >= 4 is 5.91 Å². The van der Waals surface area contributed by atoms with E-state index in [-0.39, 0.29) is 11.3 Å². The van der Waals surface area contributed by atoms with E-state index in [4.69, 9.17) is 0 Å². The van der Waals surface area contributed by atoms with Crippen LogP contribution in [0.4, 0.5) is 0 Å². The van der Waals surface area contributed by atoms with Crippen molar-refractivity contribution in [1.82, 2.24) is 5.32 Å². The lowest BCUT2D eigenvalue weighted by Gasteiger charge is -2.32. The molecule has 0 aromatic heterocycles. The van der Waals surface area contributed by atoms with Crippen molar-refractivity contribution in [3.63, 3.8) is 0 Å². The Bertz CT molecular complexity index is 239. The van der Waals surface area contributed by atoms with E-state index in [1.807, 2.05) is 13.8 Å². The van der Waals surface area contributed by atoms with Crippen LogP contribution in [-0.4, -0.2) is 22.7 Å². The SMILES string of the molecule is CC(CC(=O)NC(C)(C)C(C)O)C(C)(C)C. The Morgan fingerprint density at radius 2 is 1.62 bits per heavy atom. The molecule has 0 radical (unpaired) electrons. The van der Waals surface area contributed by atoms with Crippen molar-refractivity contribution in [2.45, 2.75) is 66.5 Å². The average molecular weight is 229 g/mol.